The van der Waals surface area contributed by atoms with E-state index in [2.05, 4.69) is 5.32 Å². The van der Waals surface area contributed by atoms with Crippen LogP contribution < -0.4 is 9.62 Å². The van der Waals surface area contributed by atoms with E-state index in [1.807, 2.05) is 0 Å². The fourth-order valence-corrected chi connectivity index (χ4v) is 4.38. The van der Waals surface area contributed by atoms with Gasteiger partial charge in [-0.05, 0) is 55.0 Å². The lowest BCUT2D eigenvalue weighted by Gasteiger charge is -2.20. The maximum atomic E-state index is 14.0. The molecular formula is C21H18ClFN2O3S. The van der Waals surface area contributed by atoms with Gasteiger partial charge in [-0.25, -0.2) is 12.8 Å². The summed E-state index contributed by atoms with van der Waals surface area (Å²) in [7, 11) is -2.62. The van der Waals surface area contributed by atoms with Crippen LogP contribution in [0.25, 0.3) is 0 Å². The summed E-state index contributed by atoms with van der Waals surface area (Å²) in [6.07, 6.45) is 0. The van der Waals surface area contributed by atoms with Gasteiger partial charge in [-0.3, -0.25) is 9.10 Å². The Morgan fingerprint density at radius 1 is 1.03 bits per heavy atom. The number of aryl methyl sites for hydroxylation is 1. The molecule has 0 saturated heterocycles. The van der Waals surface area contributed by atoms with E-state index in [-0.39, 0.29) is 21.2 Å². The van der Waals surface area contributed by atoms with Crippen LogP contribution in [0.2, 0.25) is 5.02 Å². The number of benzene rings is 3. The fraction of sp³-hybridized carbons (Fsp3) is 0.0952. The van der Waals surface area contributed by atoms with Crippen molar-refractivity contribution in [2.24, 2.45) is 0 Å². The first kappa shape index (κ1) is 20.8. The summed E-state index contributed by atoms with van der Waals surface area (Å²) in [5.74, 6) is -1.23. The predicted molar refractivity (Wildman–Crippen MR) is 113 cm³/mol. The molecule has 3 aromatic rings. The van der Waals surface area contributed by atoms with Gasteiger partial charge >= 0.3 is 0 Å². The second-order valence-corrected chi connectivity index (χ2v) is 8.74. The minimum Gasteiger partial charge on any atom is -0.319 e. The lowest BCUT2D eigenvalue weighted by atomic mass is 10.2. The van der Waals surface area contributed by atoms with Crippen LogP contribution in [0.1, 0.15) is 15.9 Å². The highest BCUT2D eigenvalue weighted by Gasteiger charge is 2.25. The number of nitrogens with one attached hydrogen (secondary N) is 1. The number of hydrogen-bond donors (Lipinski definition) is 1. The Hall–Kier alpha value is -2.90. The molecule has 29 heavy (non-hydrogen) atoms. The molecule has 1 N–H and O–H groups in total. The van der Waals surface area contributed by atoms with Crippen LogP contribution in [0, 0.1) is 12.7 Å². The summed E-state index contributed by atoms with van der Waals surface area (Å²) in [6, 6.07) is 16.8. The number of halogens is 2. The van der Waals surface area contributed by atoms with Gasteiger partial charge in [-0.2, -0.15) is 0 Å². The van der Waals surface area contributed by atoms with E-state index in [9.17, 15) is 17.6 Å². The molecule has 0 aliphatic heterocycles. The average molecular weight is 433 g/mol. The topological polar surface area (TPSA) is 66.5 Å². The zero-order valence-corrected chi connectivity index (χ0v) is 17.3. The predicted octanol–water partition coefficient (Wildman–Crippen LogP) is 4.86. The minimum atomic E-state index is -4.02. The number of hydrogen-bond acceptors (Lipinski definition) is 3. The van der Waals surface area contributed by atoms with Crippen LogP contribution in [0.5, 0.6) is 0 Å². The highest BCUT2D eigenvalue weighted by atomic mass is 35.5. The molecule has 0 heterocycles. The lowest BCUT2D eigenvalue weighted by Crippen LogP contribution is -2.27. The van der Waals surface area contributed by atoms with E-state index in [4.69, 9.17) is 11.6 Å². The maximum Gasteiger partial charge on any atom is 0.265 e. The van der Waals surface area contributed by atoms with Crippen molar-refractivity contribution >= 4 is 38.9 Å². The summed E-state index contributed by atoms with van der Waals surface area (Å²) in [5.41, 5.74) is 1.19. The monoisotopic (exact) mass is 432 g/mol. The Morgan fingerprint density at radius 3 is 2.38 bits per heavy atom. The third-order valence-corrected chi connectivity index (χ3v) is 6.59. The quantitative estimate of drug-likeness (QED) is 0.625. The largest absolute Gasteiger partial charge is 0.319 e. The van der Waals surface area contributed by atoms with Crippen molar-refractivity contribution in [3.63, 3.8) is 0 Å². The molecule has 0 spiro atoms. The van der Waals surface area contributed by atoms with Gasteiger partial charge in [0.05, 0.1) is 16.4 Å². The lowest BCUT2D eigenvalue weighted by molar-refractivity contribution is 0.102. The first-order valence-electron chi connectivity index (χ1n) is 8.61. The number of carbonyl (C=O) groups excluding carboxylic acids is 1. The smallest absolute Gasteiger partial charge is 0.265 e. The number of nitrogens with zero attached hydrogens (tertiary/aromatic N) is 1. The van der Waals surface area contributed by atoms with Crippen molar-refractivity contribution in [2.75, 3.05) is 16.7 Å². The van der Waals surface area contributed by atoms with E-state index < -0.39 is 21.7 Å². The van der Waals surface area contributed by atoms with Crippen molar-refractivity contribution < 1.29 is 17.6 Å². The van der Waals surface area contributed by atoms with Crippen molar-refractivity contribution in [3.8, 4) is 0 Å². The average Bonchev–Trinajstić information content (AvgIpc) is 2.70. The number of anilines is 2. The zero-order chi connectivity index (χ0) is 21.2. The molecular weight excluding hydrogens is 415 g/mol. The van der Waals surface area contributed by atoms with E-state index in [1.54, 1.807) is 43.3 Å². The Balaban J connectivity index is 1.94. The fourth-order valence-electron chi connectivity index (χ4n) is 2.68. The highest BCUT2D eigenvalue weighted by Crippen LogP contribution is 2.28. The van der Waals surface area contributed by atoms with Gasteiger partial charge in [0.15, 0.2) is 0 Å². The van der Waals surface area contributed by atoms with Crippen LogP contribution in [-0.2, 0) is 10.0 Å². The van der Waals surface area contributed by atoms with Gasteiger partial charge in [-0.1, -0.05) is 35.9 Å². The zero-order valence-electron chi connectivity index (χ0n) is 15.7. The van der Waals surface area contributed by atoms with Crippen LogP contribution in [-0.4, -0.2) is 21.4 Å². The molecule has 0 aliphatic rings. The van der Waals surface area contributed by atoms with Gasteiger partial charge in [0.1, 0.15) is 10.7 Å². The van der Waals surface area contributed by atoms with E-state index in [1.165, 1.54) is 37.4 Å². The Kier molecular flexibility index (Phi) is 5.91. The SMILES string of the molecule is Cc1ccc(NC(=O)c2ccc(Cl)c(S(=O)(=O)N(C)c3ccccc3)c2)c(F)c1. The Morgan fingerprint density at radius 2 is 1.72 bits per heavy atom. The second-order valence-electron chi connectivity index (χ2n) is 6.39. The van der Waals surface area contributed by atoms with Gasteiger partial charge in [0.25, 0.3) is 15.9 Å². The maximum absolute atomic E-state index is 14.0. The first-order chi connectivity index (χ1) is 13.7. The second kappa shape index (κ2) is 8.23. The van der Waals surface area contributed by atoms with Crippen LogP contribution in [0.3, 0.4) is 0 Å². The Bertz CT molecular complexity index is 1170. The van der Waals surface area contributed by atoms with E-state index in [0.717, 1.165) is 4.31 Å². The number of sulfonamides is 1. The third kappa shape index (κ3) is 4.41. The van der Waals surface area contributed by atoms with Gasteiger partial charge in [0.2, 0.25) is 0 Å². The number of carbonyl (C=O) groups is 1. The van der Waals surface area contributed by atoms with Crippen LogP contribution in [0.4, 0.5) is 15.8 Å². The molecule has 0 bridgehead atoms. The standard InChI is InChI=1S/C21H18ClFN2O3S/c1-14-8-11-19(18(23)12-14)24-21(26)15-9-10-17(22)20(13-15)29(27,28)25(2)16-6-4-3-5-7-16/h3-13H,1-2H3,(H,24,26). The Labute approximate surface area is 173 Å². The molecule has 0 unspecified atom stereocenters. The van der Waals surface area contributed by atoms with Crippen LogP contribution in [0.15, 0.2) is 71.6 Å². The number of amides is 1. The summed E-state index contributed by atoms with van der Waals surface area (Å²) >= 11 is 6.12. The van der Waals surface area contributed by atoms with E-state index in [0.29, 0.717) is 11.3 Å². The molecule has 0 radical (unpaired) electrons. The molecule has 150 valence electrons. The van der Waals surface area contributed by atoms with Gasteiger partial charge in [-0.15, -0.1) is 0 Å². The molecule has 0 fully saturated rings. The molecule has 0 atom stereocenters. The molecule has 0 saturated carbocycles. The van der Waals surface area contributed by atoms with Crippen molar-refractivity contribution in [3.05, 3.63) is 88.7 Å². The third-order valence-electron chi connectivity index (χ3n) is 4.32. The van der Waals surface area contributed by atoms with Crippen molar-refractivity contribution in [2.45, 2.75) is 11.8 Å². The van der Waals surface area contributed by atoms with Crippen LogP contribution >= 0.6 is 11.6 Å². The van der Waals surface area contributed by atoms with Gasteiger partial charge < -0.3 is 5.32 Å². The minimum absolute atomic E-state index is 0.00126. The summed E-state index contributed by atoms with van der Waals surface area (Å²) in [6.45, 7) is 1.73. The summed E-state index contributed by atoms with van der Waals surface area (Å²) in [4.78, 5) is 12.3. The number of rotatable bonds is 5. The first-order valence-corrected chi connectivity index (χ1v) is 10.4. The number of para-hydroxylation sites is 1. The highest BCUT2D eigenvalue weighted by molar-refractivity contribution is 7.93. The summed E-state index contributed by atoms with van der Waals surface area (Å²) in [5, 5.41) is 2.42. The van der Waals surface area contributed by atoms with Crippen molar-refractivity contribution in [1.82, 2.24) is 0 Å². The van der Waals surface area contributed by atoms with Gasteiger partial charge in [0, 0.05) is 12.6 Å². The molecule has 0 aliphatic carbocycles. The molecule has 3 rings (SSSR count). The normalized spacial score (nSPS) is 11.2. The molecule has 8 heteroatoms. The van der Waals surface area contributed by atoms with Crippen molar-refractivity contribution in [1.29, 1.82) is 0 Å². The molecule has 1 amide bonds. The molecule has 5 nitrogen and oxygen atoms in total. The molecule has 0 aromatic heterocycles. The molecule has 3 aromatic carbocycles. The summed E-state index contributed by atoms with van der Waals surface area (Å²) < 4.78 is 41.1. The van der Waals surface area contributed by atoms with E-state index >= 15 is 0 Å².